The summed E-state index contributed by atoms with van der Waals surface area (Å²) in [5.74, 6) is -0.184. The van der Waals surface area contributed by atoms with Crippen molar-refractivity contribution in [3.8, 4) is 11.6 Å². The van der Waals surface area contributed by atoms with E-state index in [1.807, 2.05) is 12.1 Å². The van der Waals surface area contributed by atoms with E-state index in [0.29, 0.717) is 40.4 Å². The molecule has 2 aromatic heterocycles. The third-order valence-electron chi connectivity index (χ3n) is 4.45. The van der Waals surface area contributed by atoms with Crippen LogP contribution in [0.15, 0.2) is 52.2 Å². The number of hydrogen-bond acceptors (Lipinski definition) is 6. The Bertz CT molecular complexity index is 971. The maximum absolute atomic E-state index is 13.0. The number of halogens is 1. The number of H-pyrrole nitrogens is 1. The van der Waals surface area contributed by atoms with E-state index in [2.05, 4.69) is 15.2 Å². The lowest BCUT2D eigenvalue weighted by Crippen LogP contribution is -2.41. The largest absolute Gasteiger partial charge is 0.410 e. The Morgan fingerprint density at radius 1 is 1.21 bits per heavy atom. The normalized spacial score (nSPS) is 17.5. The number of thioether (sulfide) groups is 1. The maximum atomic E-state index is 13.0. The minimum Gasteiger partial charge on any atom is -0.410 e. The first kappa shape index (κ1) is 18.8. The van der Waals surface area contributed by atoms with Crippen LogP contribution < -0.4 is 0 Å². The van der Waals surface area contributed by atoms with Gasteiger partial charge in [0.25, 0.3) is 17.0 Å². The third-order valence-corrected chi connectivity index (χ3v) is 5.79. The van der Waals surface area contributed by atoms with Crippen molar-refractivity contribution in [2.24, 2.45) is 0 Å². The molecule has 7 nitrogen and oxygen atoms in total. The van der Waals surface area contributed by atoms with Gasteiger partial charge in [-0.15, -0.1) is 10.2 Å². The van der Waals surface area contributed by atoms with E-state index in [9.17, 15) is 9.59 Å². The summed E-state index contributed by atoms with van der Waals surface area (Å²) >= 11 is 7.09. The summed E-state index contributed by atoms with van der Waals surface area (Å²) in [6.45, 7) is 0.398. The Morgan fingerprint density at radius 2 is 2.04 bits per heavy atom. The molecule has 144 valence electrons. The topological polar surface area (TPSA) is 92.1 Å². The molecule has 0 saturated carbocycles. The Hall–Kier alpha value is -2.58. The van der Waals surface area contributed by atoms with Gasteiger partial charge in [-0.3, -0.25) is 14.5 Å². The first-order chi connectivity index (χ1) is 13.6. The fourth-order valence-electron chi connectivity index (χ4n) is 3.02. The van der Waals surface area contributed by atoms with Gasteiger partial charge in [0, 0.05) is 23.3 Å². The molecule has 1 aliphatic rings. The van der Waals surface area contributed by atoms with Crippen LogP contribution in [-0.2, 0) is 4.79 Å². The number of aromatic amines is 1. The van der Waals surface area contributed by atoms with Gasteiger partial charge in [0.05, 0.1) is 5.25 Å². The number of aromatic nitrogens is 3. The van der Waals surface area contributed by atoms with Crippen molar-refractivity contribution in [3.63, 3.8) is 0 Å². The van der Waals surface area contributed by atoms with Crippen molar-refractivity contribution < 1.29 is 14.0 Å². The fraction of sp³-hybridized carbons (Fsp3) is 0.263. The highest BCUT2D eigenvalue weighted by molar-refractivity contribution is 8.00. The molecule has 3 heterocycles. The number of hydrogen-bond donors (Lipinski definition) is 1. The van der Waals surface area contributed by atoms with E-state index in [1.165, 1.54) is 16.7 Å². The second kappa shape index (κ2) is 8.20. The van der Waals surface area contributed by atoms with E-state index >= 15 is 0 Å². The molecule has 1 fully saturated rings. The van der Waals surface area contributed by atoms with Gasteiger partial charge in [-0.25, -0.2) is 0 Å². The summed E-state index contributed by atoms with van der Waals surface area (Å²) in [7, 11) is 0. The summed E-state index contributed by atoms with van der Waals surface area (Å²) in [5, 5.41) is 8.44. The molecule has 0 aliphatic carbocycles. The number of likely N-dealkylation sites (tertiary alicyclic amines) is 1. The molecule has 0 unspecified atom stereocenters. The van der Waals surface area contributed by atoms with Gasteiger partial charge in [0.1, 0.15) is 5.69 Å². The van der Waals surface area contributed by atoms with Gasteiger partial charge in [-0.1, -0.05) is 29.8 Å². The molecule has 1 N–H and O–H groups in total. The lowest BCUT2D eigenvalue weighted by Gasteiger charge is -2.21. The van der Waals surface area contributed by atoms with Gasteiger partial charge in [0.15, 0.2) is 0 Å². The predicted octanol–water partition coefficient (Wildman–Crippen LogP) is 4.03. The minimum absolute atomic E-state index is 0.234. The summed E-state index contributed by atoms with van der Waals surface area (Å²) in [5.41, 5.74) is 1.15. The Morgan fingerprint density at radius 3 is 2.79 bits per heavy atom. The second-order valence-electron chi connectivity index (χ2n) is 6.36. The summed E-state index contributed by atoms with van der Waals surface area (Å²) in [4.78, 5) is 30.2. The molecule has 0 bridgehead atoms. The van der Waals surface area contributed by atoms with E-state index in [1.54, 1.807) is 30.5 Å². The number of benzene rings is 1. The Kier molecular flexibility index (Phi) is 5.50. The van der Waals surface area contributed by atoms with Crippen LogP contribution in [0.25, 0.3) is 11.6 Å². The number of imide groups is 1. The van der Waals surface area contributed by atoms with Crippen LogP contribution in [0.2, 0.25) is 5.02 Å². The molecule has 1 aliphatic heterocycles. The molecular weight excluding hydrogens is 400 g/mol. The quantitative estimate of drug-likeness (QED) is 0.645. The number of nitrogens with one attached hydrogen (secondary N) is 1. The highest BCUT2D eigenvalue weighted by atomic mass is 35.5. The summed E-state index contributed by atoms with van der Waals surface area (Å²) in [6.07, 6.45) is 4.01. The van der Waals surface area contributed by atoms with Crippen LogP contribution >= 0.6 is 23.4 Å². The van der Waals surface area contributed by atoms with Crippen molar-refractivity contribution >= 4 is 35.2 Å². The molecule has 9 heteroatoms. The van der Waals surface area contributed by atoms with E-state index in [4.69, 9.17) is 16.0 Å². The number of amides is 2. The van der Waals surface area contributed by atoms with Gasteiger partial charge in [-0.2, -0.15) is 0 Å². The SMILES string of the molecule is O=C(c1ccc(Cl)cc1)N1CCCC[C@H](Sc2nnc(-c3ccc[nH]3)o2)C1=O. The molecule has 2 amide bonds. The standard InChI is InChI=1S/C19H17ClN4O3S/c20-13-8-6-12(7-9-13)17(25)24-11-2-1-5-15(18(24)26)28-19-23-22-16(27-19)14-4-3-10-21-14/h3-4,6-10,15,21H,1-2,5,11H2/t15-/m0/s1. The third kappa shape index (κ3) is 3.98. The van der Waals surface area contributed by atoms with Gasteiger partial charge in [-0.05, 0) is 49.2 Å². The highest BCUT2D eigenvalue weighted by Crippen LogP contribution is 2.31. The smallest absolute Gasteiger partial charge is 0.277 e. The molecule has 1 atom stereocenters. The number of carbonyl (C=O) groups is 2. The molecule has 0 radical (unpaired) electrons. The molecule has 3 aromatic rings. The molecule has 1 saturated heterocycles. The monoisotopic (exact) mass is 416 g/mol. The predicted molar refractivity (Wildman–Crippen MR) is 105 cm³/mol. The summed E-state index contributed by atoms with van der Waals surface area (Å²) < 4.78 is 5.65. The van der Waals surface area contributed by atoms with Crippen molar-refractivity contribution in [3.05, 3.63) is 53.2 Å². The average molecular weight is 417 g/mol. The molecule has 28 heavy (non-hydrogen) atoms. The zero-order valence-electron chi connectivity index (χ0n) is 14.8. The first-order valence-electron chi connectivity index (χ1n) is 8.87. The Labute approximate surface area is 170 Å². The van der Waals surface area contributed by atoms with Gasteiger partial charge < -0.3 is 9.40 Å². The summed E-state index contributed by atoms with van der Waals surface area (Å²) in [6, 6.07) is 10.2. The number of rotatable bonds is 4. The lowest BCUT2D eigenvalue weighted by atomic mass is 10.2. The highest BCUT2D eigenvalue weighted by Gasteiger charge is 2.33. The van der Waals surface area contributed by atoms with Crippen molar-refractivity contribution in [1.29, 1.82) is 0 Å². The van der Waals surface area contributed by atoms with Crippen LogP contribution in [0.1, 0.15) is 29.6 Å². The van der Waals surface area contributed by atoms with Crippen molar-refractivity contribution in [2.45, 2.75) is 29.7 Å². The van der Waals surface area contributed by atoms with Crippen LogP contribution in [0, 0.1) is 0 Å². The molecule has 0 spiro atoms. The van der Waals surface area contributed by atoms with Crippen LogP contribution in [0.4, 0.5) is 0 Å². The minimum atomic E-state index is -0.448. The van der Waals surface area contributed by atoms with Crippen LogP contribution in [0.3, 0.4) is 0 Å². The fourth-order valence-corrected chi connectivity index (χ4v) is 4.11. The zero-order valence-corrected chi connectivity index (χ0v) is 16.4. The molecular formula is C19H17ClN4O3S. The van der Waals surface area contributed by atoms with E-state index in [0.717, 1.165) is 12.8 Å². The zero-order chi connectivity index (χ0) is 19.5. The maximum Gasteiger partial charge on any atom is 0.277 e. The lowest BCUT2D eigenvalue weighted by molar-refractivity contribution is -0.127. The first-order valence-corrected chi connectivity index (χ1v) is 10.1. The average Bonchev–Trinajstić information content (AvgIpc) is 3.35. The molecule has 4 rings (SSSR count). The number of carbonyl (C=O) groups excluding carboxylic acids is 2. The number of nitrogens with zero attached hydrogens (tertiary/aromatic N) is 3. The van der Waals surface area contributed by atoms with Crippen molar-refractivity contribution in [2.75, 3.05) is 6.54 Å². The molecule has 1 aromatic carbocycles. The van der Waals surface area contributed by atoms with E-state index in [-0.39, 0.29) is 11.8 Å². The van der Waals surface area contributed by atoms with E-state index < -0.39 is 5.25 Å². The van der Waals surface area contributed by atoms with Crippen LogP contribution in [-0.4, -0.2) is 43.7 Å². The van der Waals surface area contributed by atoms with Gasteiger partial charge >= 0.3 is 0 Å². The Balaban J connectivity index is 1.50. The van der Waals surface area contributed by atoms with Gasteiger partial charge in [0.2, 0.25) is 5.91 Å². The van der Waals surface area contributed by atoms with Crippen molar-refractivity contribution in [1.82, 2.24) is 20.1 Å². The van der Waals surface area contributed by atoms with Crippen LogP contribution in [0.5, 0.6) is 0 Å². The second-order valence-corrected chi connectivity index (χ2v) is 7.95.